The van der Waals surface area contributed by atoms with Crippen molar-refractivity contribution in [3.63, 3.8) is 0 Å². The van der Waals surface area contributed by atoms with Gasteiger partial charge in [-0.2, -0.15) is 0 Å². The number of ether oxygens (including phenoxy) is 1. The molecule has 0 unspecified atom stereocenters. The molecule has 0 bridgehead atoms. The molecule has 0 amide bonds. The van der Waals surface area contributed by atoms with Crippen LogP contribution in [-0.2, 0) is 4.74 Å². The third-order valence-corrected chi connectivity index (χ3v) is 3.40. The van der Waals surface area contributed by atoms with E-state index in [9.17, 15) is 4.79 Å². The molecule has 0 spiro atoms. The van der Waals surface area contributed by atoms with E-state index in [2.05, 4.69) is 27.8 Å². The first-order valence-corrected chi connectivity index (χ1v) is 6.46. The first-order valence-electron chi connectivity index (χ1n) is 5.67. The summed E-state index contributed by atoms with van der Waals surface area (Å²) < 4.78 is 5.95. The molecule has 2 aromatic rings. The third kappa shape index (κ3) is 2.52. The van der Waals surface area contributed by atoms with Crippen LogP contribution in [0, 0.1) is 0 Å². The number of halogens is 1. The number of fused-ring (bicyclic) bond motifs is 1. The smallest absolute Gasteiger partial charge is 0.355 e. The monoisotopic (exact) mass is 295 g/mol. The summed E-state index contributed by atoms with van der Waals surface area (Å²) in [6.07, 6.45) is 1.91. The fourth-order valence-corrected chi connectivity index (χ4v) is 2.24. The van der Waals surface area contributed by atoms with E-state index in [-0.39, 0.29) is 5.97 Å². The van der Waals surface area contributed by atoms with Gasteiger partial charge in [-0.05, 0) is 28.4 Å². The molecular formula is C13H14BrNO2. The molecule has 3 nitrogen and oxygen atoms in total. The van der Waals surface area contributed by atoms with Gasteiger partial charge in [0.25, 0.3) is 0 Å². The van der Waals surface area contributed by atoms with Gasteiger partial charge in [0, 0.05) is 10.9 Å². The molecule has 0 saturated carbocycles. The van der Waals surface area contributed by atoms with Crippen LogP contribution in [0.5, 0.6) is 0 Å². The SMILES string of the molecule is CCCCOC(=O)c1[nH]c2ccccc2c1Br. The fraction of sp³-hybridized carbons (Fsp3) is 0.308. The summed E-state index contributed by atoms with van der Waals surface area (Å²) in [4.78, 5) is 14.9. The quantitative estimate of drug-likeness (QED) is 0.687. The number of rotatable bonds is 4. The maximum absolute atomic E-state index is 11.8. The van der Waals surface area contributed by atoms with Crippen molar-refractivity contribution in [2.75, 3.05) is 6.61 Å². The summed E-state index contributed by atoms with van der Waals surface area (Å²) in [5.74, 6) is -0.304. The number of nitrogens with one attached hydrogen (secondary N) is 1. The normalized spacial score (nSPS) is 10.7. The lowest BCUT2D eigenvalue weighted by molar-refractivity contribution is 0.0493. The van der Waals surface area contributed by atoms with E-state index >= 15 is 0 Å². The third-order valence-electron chi connectivity index (χ3n) is 2.58. The van der Waals surface area contributed by atoms with Crippen molar-refractivity contribution in [2.45, 2.75) is 19.8 Å². The van der Waals surface area contributed by atoms with E-state index in [1.807, 2.05) is 24.3 Å². The first-order chi connectivity index (χ1) is 8.24. The molecule has 2 rings (SSSR count). The highest BCUT2D eigenvalue weighted by atomic mass is 79.9. The molecule has 0 aliphatic rings. The minimum Gasteiger partial charge on any atom is -0.461 e. The van der Waals surface area contributed by atoms with E-state index < -0.39 is 0 Å². The van der Waals surface area contributed by atoms with Gasteiger partial charge < -0.3 is 9.72 Å². The number of aromatic nitrogens is 1. The number of carbonyl (C=O) groups excluding carboxylic acids is 1. The molecule has 4 heteroatoms. The Labute approximate surface area is 108 Å². The van der Waals surface area contributed by atoms with Crippen molar-refractivity contribution >= 4 is 32.8 Å². The number of para-hydroxylation sites is 1. The molecule has 1 aromatic heterocycles. The van der Waals surface area contributed by atoms with Gasteiger partial charge in [-0.15, -0.1) is 0 Å². The number of carbonyl (C=O) groups is 1. The molecule has 0 aliphatic heterocycles. The summed E-state index contributed by atoms with van der Waals surface area (Å²) >= 11 is 3.43. The molecular weight excluding hydrogens is 282 g/mol. The second-order valence-corrected chi connectivity index (χ2v) is 4.64. The Morgan fingerprint density at radius 2 is 2.18 bits per heavy atom. The largest absolute Gasteiger partial charge is 0.461 e. The minimum atomic E-state index is -0.304. The molecule has 0 saturated heterocycles. The highest BCUT2D eigenvalue weighted by Crippen LogP contribution is 2.28. The van der Waals surface area contributed by atoms with E-state index in [1.54, 1.807) is 0 Å². The van der Waals surface area contributed by atoms with E-state index in [0.29, 0.717) is 12.3 Å². The Morgan fingerprint density at radius 3 is 2.88 bits per heavy atom. The number of aromatic amines is 1. The molecule has 17 heavy (non-hydrogen) atoms. The number of esters is 1. The minimum absolute atomic E-state index is 0.304. The maximum Gasteiger partial charge on any atom is 0.355 e. The van der Waals surface area contributed by atoms with Crippen molar-refractivity contribution in [1.29, 1.82) is 0 Å². The van der Waals surface area contributed by atoms with Crippen molar-refractivity contribution in [1.82, 2.24) is 4.98 Å². The summed E-state index contributed by atoms with van der Waals surface area (Å²) in [7, 11) is 0. The molecule has 0 radical (unpaired) electrons. The second kappa shape index (κ2) is 5.36. The summed E-state index contributed by atoms with van der Waals surface area (Å²) in [6.45, 7) is 2.53. The zero-order chi connectivity index (χ0) is 12.3. The van der Waals surface area contributed by atoms with Crippen LogP contribution in [-0.4, -0.2) is 17.6 Å². The molecule has 0 atom stereocenters. The number of unbranched alkanes of at least 4 members (excludes halogenated alkanes) is 1. The Balaban J connectivity index is 2.23. The predicted octanol–water partition coefficient (Wildman–Crippen LogP) is 3.89. The Hall–Kier alpha value is -1.29. The van der Waals surface area contributed by atoms with E-state index in [0.717, 1.165) is 28.2 Å². The van der Waals surface area contributed by atoms with Gasteiger partial charge in [0.05, 0.1) is 11.1 Å². The van der Waals surface area contributed by atoms with Crippen molar-refractivity contribution in [3.8, 4) is 0 Å². The number of hydrogen-bond donors (Lipinski definition) is 1. The van der Waals surface area contributed by atoms with Gasteiger partial charge in [0.1, 0.15) is 5.69 Å². The maximum atomic E-state index is 11.8. The predicted molar refractivity (Wildman–Crippen MR) is 71.2 cm³/mol. The lowest BCUT2D eigenvalue weighted by Crippen LogP contribution is -2.07. The summed E-state index contributed by atoms with van der Waals surface area (Å²) in [5.41, 5.74) is 1.42. The highest BCUT2D eigenvalue weighted by molar-refractivity contribution is 9.10. The lowest BCUT2D eigenvalue weighted by Gasteiger charge is -2.02. The first kappa shape index (κ1) is 12.2. The number of benzene rings is 1. The zero-order valence-electron chi connectivity index (χ0n) is 9.63. The van der Waals surface area contributed by atoms with Crippen molar-refractivity contribution in [2.24, 2.45) is 0 Å². The average molecular weight is 296 g/mol. The summed E-state index contributed by atoms with van der Waals surface area (Å²) in [6, 6.07) is 7.76. The standard InChI is InChI=1S/C13H14BrNO2/c1-2-3-8-17-13(16)12-11(14)9-6-4-5-7-10(9)15-12/h4-7,15H,2-3,8H2,1H3. The van der Waals surface area contributed by atoms with Crippen LogP contribution < -0.4 is 0 Å². The second-order valence-electron chi connectivity index (χ2n) is 3.85. The zero-order valence-corrected chi connectivity index (χ0v) is 11.2. The number of H-pyrrole nitrogens is 1. The van der Waals surface area contributed by atoms with Crippen LogP contribution >= 0.6 is 15.9 Å². The van der Waals surface area contributed by atoms with Crippen LogP contribution in [0.4, 0.5) is 0 Å². The molecule has 90 valence electrons. The molecule has 0 fully saturated rings. The molecule has 1 heterocycles. The van der Waals surface area contributed by atoms with Crippen LogP contribution in [0.2, 0.25) is 0 Å². The molecule has 0 aliphatic carbocycles. The lowest BCUT2D eigenvalue weighted by atomic mass is 10.2. The fourth-order valence-electron chi connectivity index (χ4n) is 1.63. The van der Waals surface area contributed by atoms with Crippen molar-refractivity contribution < 1.29 is 9.53 Å². The topological polar surface area (TPSA) is 42.1 Å². The van der Waals surface area contributed by atoms with Crippen molar-refractivity contribution in [3.05, 3.63) is 34.4 Å². The van der Waals surface area contributed by atoms with Gasteiger partial charge in [-0.3, -0.25) is 0 Å². The van der Waals surface area contributed by atoms with Crippen LogP contribution in [0.1, 0.15) is 30.3 Å². The van der Waals surface area contributed by atoms with Gasteiger partial charge in [-0.1, -0.05) is 31.5 Å². The highest BCUT2D eigenvalue weighted by Gasteiger charge is 2.16. The van der Waals surface area contributed by atoms with Crippen LogP contribution in [0.15, 0.2) is 28.7 Å². The summed E-state index contributed by atoms with van der Waals surface area (Å²) in [5, 5.41) is 0.995. The van der Waals surface area contributed by atoms with Gasteiger partial charge in [0.2, 0.25) is 0 Å². The Bertz CT molecular complexity index is 533. The van der Waals surface area contributed by atoms with E-state index in [4.69, 9.17) is 4.74 Å². The molecule has 1 aromatic carbocycles. The number of hydrogen-bond acceptors (Lipinski definition) is 2. The average Bonchev–Trinajstić information content (AvgIpc) is 2.68. The Kier molecular flexibility index (Phi) is 3.84. The van der Waals surface area contributed by atoms with Gasteiger partial charge in [-0.25, -0.2) is 4.79 Å². The van der Waals surface area contributed by atoms with Gasteiger partial charge >= 0.3 is 5.97 Å². The van der Waals surface area contributed by atoms with Crippen LogP contribution in [0.25, 0.3) is 10.9 Å². The van der Waals surface area contributed by atoms with E-state index in [1.165, 1.54) is 0 Å². The van der Waals surface area contributed by atoms with Crippen LogP contribution in [0.3, 0.4) is 0 Å². The Morgan fingerprint density at radius 1 is 1.41 bits per heavy atom. The van der Waals surface area contributed by atoms with Gasteiger partial charge in [0.15, 0.2) is 0 Å². The molecule has 1 N–H and O–H groups in total.